The van der Waals surface area contributed by atoms with Crippen molar-refractivity contribution in [3.63, 3.8) is 0 Å². The summed E-state index contributed by atoms with van der Waals surface area (Å²) in [6.07, 6.45) is 6.67. The molecule has 0 atom stereocenters. The number of aryl methyl sites for hydroxylation is 1. The van der Waals surface area contributed by atoms with Crippen LogP contribution in [-0.4, -0.2) is 49.8 Å². The molecule has 134 valence electrons. The van der Waals surface area contributed by atoms with Crippen LogP contribution in [0.3, 0.4) is 0 Å². The fourth-order valence-electron chi connectivity index (χ4n) is 3.16. The second-order valence-electron chi connectivity index (χ2n) is 6.18. The summed E-state index contributed by atoms with van der Waals surface area (Å²) in [7, 11) is 1.85. The van der Waals surface area contributed by atoms with Crippen LogP contribution in [0.1, 0.15) is 51.3 Å². The second kappa shape index (κ2) is 9.05. The Balaban J connectivity index is 1.89. The molecule has 1 saturated carbocycles. The number of carbonyl (C=O) groups is 2. The van der Waals surface area contributed by atoms with Gasteiger partial charge in [0.1, 0.15) is 5.82 Å². The minimum Gasteiger partial charge on any atom is -0.370 e. The highest BCUT2D eigenvalue weighted by Gasteiger charge is 2.24. The molecule has 0 radical (unpaired) electrons. The van der Waals surface area contributed by atoms with E-state index in [-0.39, 0.29) is 18.2 Å². The number of amides is 2. The number of nitrogens with zero attached hydrogens (tertiary/aromatic N) is 4. The first kappa shape index (κ1) is 18.8. The average Bonchev–Trinajstić information content (AvgIpc) is 2.93. The number of hydrogen-bond acceptors (Lipinski definition) is 5. The zero-order valence-electron chi connectivity index (χ0n) is 14.5. The van der Waals surface area contributed by atoms with Gasteiger partial charge in [-0.25, -0.2) is 0 Å². The Hall–Kier alpha value is -1.57. The van der Waals surface area contributed by atoms with E-state index in [1.807, 2.05) is 23.4 Å². The first-order chi connectivity index (χ1) is 11.5. The standard InChI is InChI=1S/C16H27N5O2S/c1-3-21(12-7-5-4-6-8-12)15(23)11-24-16-19-18-14(20(16)2)10-9-13(17)22/h12H,3-11H2,1-2H3,(H2,17,22). The molecule has 0 aromatic carbocycles. The lowest BCUT2D eigenvalue weighted by Gasteiger charge is -2.33. The third kappa shape index (κ3) is 4.96. The number of rotatable bonds is 8. The van der Waals surface area contributed by atoms with Gasteiger partial charge in [-0.2, -0.15) is 0 Å². The van der Waals surface area contributed by atoms with Gasteiger partial charge < -0.3 is 15.2 Å². The summed E-state index contributed by atoms with van der Waals surface area (Å²) in [5.41, 5.74) is 5.16. The number of hydrogen-bond donors (Lipinski definition) is 1. The zero-order valence-corrected chi connectivity index (χ0v) is 15.3. The van der Waals surface area contributed by atoms with Crippen LogP contribution in [0.25, 0.3) is 0 Å². The van der Waals surface area contributed by atoms with Crippen molar-refractivity contribution in [1.29, 1.82) is 0 Å². The Morgan fingerprint density at radius 1 is 1.29 bits per heavy atom. The molecular weight excluding hydrogens is 326 g/mol. The monoisotopic (exact) mass is 353 g/mol. The molecule has 2 rings (SSSR count). The van der Waals surface area contributed by atoms with Crippen LogP contribution in [0.15, 0.2) is 5.16 Å². The van der Waals surface area contributed by atoms with Crippen LogP contribution < -0.4 is 5.73 Å². The predicted molar refractivity (Wildman–Crippen MR) is 93.5 cm³/mol. The molecule has 0 aliphatic heterocycles. The number of thioether (sulfide) groups is 1. The number of primary amides is 1. The van der Waals surface area contributed by atoms with E-state index < -0.39 is 0 Å². The fraction of sp³-hybridized carbons (Fsp3) is 0.750. The summed E-state index contributed by atoms with van der Waals surface area (Å²) < 4.78 is 1.83. The molecule has 2 amide bonds. The SMILES string of the molecule is CCN(C(=O)CSc1nnc(CCC(N)=O)n1C)C1CCCCC1. The highest BCUT2D eigenvalue weighted by molar-refractivity contribution is 7.99. The van der Waals surface area contributed by atoms with Crippen molar-refractivity contribution in [3.05, 3.63) is 5.82 Å². The Morgan fingerprint density at radius 3 is 2.62 bits per heavy atom. The van der Waals surface area contributed by atoms with Gasteiger partial charge in [-0.15, -0.1) is 10.2 Å². The number of carbonyl (C=O) groups excluding carboxylic acids is 2. The van der Waals surface area contributed by atoms with Crippen molar-refractivity contribution < 1.29 is 9.59 Å². The Bertz CT molecular complexity index is 569. The number of aromatic nitrogens is 3. The van der Waals surface area contributed by atoms with Crippen molar-refractivity contribution >= 4 is 23.6 Å². The fourth-order valence-corrected chi connectivity index (χ4v) is 3.98. The minimum atomic E-state index is -0.353. The molecule has 1 aromatic heterocycles. The molecular formula is C16H27N5O2S. The molecule has 0 unspecified atom stereocenters. The Labute approximate surface area is 147 Å². The lowest BCUT2D eigenvalue weighted by atomic mass is 9.94. The van der Waals surface area contributed by atoms with E-state index in [0.29, 0.717) is 29.2 Å². The Kier molecular flexibility index (Phi) is 7.08. The van der Waals surface area contributed by atoms with Crippen molar-refractivity contribution in [2.75, 3.05) is 12.3 Å². The van der Waals surface area contributed by atoms with Gasteiger partial charge in [-0.05, 0) is 19.8 Å². The third-order valence-electron chi connectivity index (χ3n) is 4.52. The van der Waals surface area contributed by atoms with Gasteiger partial charge in [-0.1, -0.05) is 31.0 Å². The maximum Gasteiger partial charge on any atom is 0.233 e. The summed E-state index contributed by atoms with van der Waals surface area (Å²) in [6, 6.07) is 0.391. The topological polar surface area (TPSA) is 94.1 Å². The molecule has 1 heterocycles. The Morgan fingerprint density at radius 2 is 2.00 bits per heavy atom. The first-order valence-corrected chi connectivity index (χ1v) is 9.60. The van der Waals surface area contributed by atoms with Crippen LogP contribution in [0.5, 0.6) is 0 Å². The molecule has 0 bridgehead atoms. The average molecular weight is 353 g/mol. The molecule has 0 saturated heterocycles. The van der Waals surface area contributed by atoms with E-state index in [1.165, 1.54) is 31.0 Å². The van der Waals surface area contributed by atoms with Crippen LogP contribution in [0.2, 0.25) is 0 Å². The summed E-state index contributed by atoms with van der Waals surface area (Å²) in [6.45, 7) is 2.80. The van der Waals surface area contributed by atoms with E-state index in [1.54, 1.807) is 0 Å². The second-order valence-corrected chi connectivity index (χ2v) is 7.13. The van der Waals surface area contributed by atoms with Crippen LogP contribution in [0.4, 0.5) is 0 Å². The molecule has 1 fully saturated rings. The minimum absolute atomic E-state index is 0.163. The van der Waals surface area contributed by atoms with E-state index >= 15 is 0 Å². The van der Waals surface area contributed by atoms with Crippen molar-refractivity contribution in [2.24, 2.45) is 12.8 Å². The van der Waals surface area contributed by atoms with Gasteiger partial charge in [0.05, 0.1) is 5.75 Å². The van der Waals surface area contributed by atoms with Gasteiger partial charge in [0.2, 0.25) is 11.8 Å². The first-order valence-electron chi connectivity index (χ1n) is 8.61. The van der Waals surface area contributed by atoms with Gasteiger partial charge in [0.25, 0.3) is 0 Å². The smallest absolute Gasteiger partial charge is 0.233 e. The van der Waals surface area contributed by atoms with Crippen LogP contribution in [0, 0.1) is 0 Å². The molecule has 8 heteroatoms. The highest BCUT2D eigenvalue weighted by Crippen LogP contribution is 2.24. The quantitative estimate of drug-likeness (QED) is 0.715. The lowest BCUT2D eigenvalue weighted by Crippen LogP contribution is -2.42. The van der Waals surface area contributed by atoms with Crippen molar-refractivity contribution in [1.82, 2.24) is 19.7 Å². The van der Waals surface area contributed by atoms with Gasteiger partial charge in [0.15, 0.2) is 5.16 Å². The summed E-state index contributed by atoms with van der Waals surface area (Å²) in [5, 5.41) is 8.89. The van der Waals surface area contributed by atoms with Crippen LogP contribution >= 0.6 is 11.8 Å². The van der Waals surface area contributed by atoms with Gasteiger partial charge >= 0.3 is 0 Å². The van der Waals surface area contributed by atoms with E-state index in [9.17, 15) is 9.59 Å². The molecule has 24 heavy (non-hydrogen) atoms. The van der Waals surface area contributed by atoms with E-state index in [0.717, 1.165) is 19.4 Å². The summed E-state index contributed by atoms with van der Waals surface area (Å²) >= 11 is 1.40. The lowest BCUT2D eigenvalue weighted by molar-refractivity contribution is -0.131. The maximum atomic E-state index is 12.6. The largest absolute Gasteiger partial charge is 0.370 e. The van der Waals surface area contributed by atoms with Crippen LogP contribution in [-0.2, 0) is 23.1 Å². The van der Waals surface area contributed by atoms with E-state index in [2.05, 4.69) is 10.2 Å². The molecule has 0 spiro atoms. The van der Waals surface area contributed by atoms with Crippen molar-refractivity contribution in [2.45, 2.75) is 63.1 Å². The van der Waals surface area contributed by atoms with Crippen molar-refractivity contribution in [3.8, 4) is 0 Å². The molecule has 1 aromatic rings. The molecule has 1 aliphatic carbocycles. The van der Waals surface area contributed by atoms with E-state index in [4.69, 9.17) is 5.73 Å². The number of nitrogens with two attached hydrogens (primary N) is 1. The maximum absolute atomic E-state index is 12.6. The summed E-state index contributed by atoms with van der Waals surface area (Å²) in [5.74, 6) is 0.888. The van der Waals surface area contributed by atoms with Gasteiger partial charge in [0, 0.05) is 32.5 Å². The zero-order chi connectivity index (χ0) is 17.5. The predicted octanol–water partition coefficient (Wildman–Crippen LogP) is 1.51. The van der Waals surface area contributed by atoms with Gasteiger partial charge in [-0.3, -0.25) is 9.59 Å². The summed E-state index contributed by atoms with van der Waals surface area (Å²) in [4.78, 5) is 25.5. The normalized spacial score (nSPS) is 15.4. The molecule has 7 nitrogen and oxygen atoms in total. The molecule has 2 N–H and O–H groups in total. The molecule has 1 aliphatic rings. The third-order valence-corrected chi connectivity index (χ3v) is 5.53. The highest BCUT2D eigenvalue weighted by atomic mass is 32.2.